The van der Waals surface area contributed by atoms with Gasteiger partial charge in [-0.2, -0.15) is 0 Å². The van der Waals surface area contributed by atoms with Crippen LogP contribution in [-0.2, 0) is 6.42 Å². The number of β-amino-alcohol motifs (C(OH)–C–C–N with tert-alkyl or cyclic N) is 1. The third-order valence-corrected chi connectivity index (χ3v) is 15.3. The van der Waals surface area contributed by atoms with Gasteiger partial charge in [0, 0.05) is 90.6 Å². The Morgan fingerprint density at radius 2 is 1.46 bits per heavy atom. The van der Waals surface area contributed by atoms with Crippen molar-refractivity contribution in [2.45, 2.75) is 76.9 Å². The molecule has 9 nitrogen and oxygen atoms in total. The molecule has 3 atom stereocenters. The summed E-state index contributed by atoms with van der Waals surface area (Å²) in [7, 11) is 0. The van der Waals surface area contributed by atoms with Crippen molar-refractivity contribution in [2.75, 3.05) is 55.6 Å². The van der Waals surface area contributed by atoms with Gasteiger partial charge in [0.2, 0.25) is 0 Å². The molecule has 10 rings (SSSR count). The Morgan fingerprint density at radius 1 is 0.778 bits per heavy atom. The number of phenolic OH excluding ortho intramolecular Hbond substituents is 1. The third-order valence-electron chi connectivity index (χ3n) is 14.1. The Balaban J connectivity index is 0.779. The minimum absolute atomic E-state index is 0.0240. The highest BCUT2D eigenvalue weighted by Crippen LogP contribution is 2.49. The van der Waals surface area contributed by atoms with Crippen LogP contribution in [-0.4, -0.2) is 87.0 Å². The van der Waals surface area contributed by atoms with Gasteiger partial charge in [-0.25, -0.2) is 13.2 Å². The molecule has 0 bridgehead atoms. The van der Waals surface area contributed by atoms with Crippen molar-refractivity contribution in [3.63, 3.8) is 0 Å². The molecule has 0 amide bonds. The maximum absolute atomic E-state index is 16.4. The fourth-order valence-corrected chi connectivity index (χ4v) is 11.8. The van der Waals surface area contributed by atoms with Crippen molar-refractivity contribution in [3.8, 4) is 10.8 Å². The Morgan fingerprint density at radius 3 is 2.17 bits per heavy atom. The predicted octanol–water partition coefficient (Wildman–Crippen LogP) is 9.30. The quantitative estimate of drug-likeness (QED) is 0.165. The second-order valence-electron chi connectivity index (χ2n) is 17.9. The second-order valence-corrected chi connectivity index (χ2v) is 19.1. The van der Waals surface area contributed by atoms with Crippen molar-refractivity contribution < 1.29 is 23.4 Å². The molecule has 13 heteroatoms. The number of piperidine rings is 1. The molecule has 2 saturated heterocycles. The van der Waals surface area contributed by atoms with Crippen LogP contribution in [0.5, 0.6) is 5.75 Å². The summed E-state index contributed by atoms with van der Waals surface area (Å²) in [4.78, 5) is 13.3. The second kappa shape index (κ2) is 16.2. The molecule has 4 aromatic carbocycles. The number of aliphatic hydroxyl groups is 1. The molecule has 0 radical (unpaired) electrons. The minimum Gasteiger partial charge on any atom is -0.508 e. The lowest BCUT2D eigenvalue weighted by atomic mass is 9.69. The van der Waals surface area contributed by atoms with Crippen LogP contribution in [0.25, 0.3) is 5.00 Å². The van der Waals surface area contributed by atoms with E-state index in [1.165, 1.54) is 28.6 Å². The van der Waals surface area contributed by atoms with Gasteiger partial charge in [-0.05, 0) is 124 Å². The van der Waals surface area contributed by atoms with E-state index in [-0.39, 0.29) is 17.4 Å². The number of thiophene rings is 1. The van der Waals surface area contributed by atoms with Crippen LogP contribution < -0.4 is 9.80 Å². The van der Waals surface area contributed by atoms with Crippen LogP contribution in [0.4, 0.5) is 24.5 Å². The van der Waals surface area contributed by atoms with E-state index >= 15 is 13.2 Å². The zero-order valence-electron chi connectivity index (χ0n) is 36.1. The molecule has 2 fully saturated rings. The first kappa shape index (κ1) is 41.5. The van der Waals surface area contributed by atoms with Crippen LogP contribution in [0.3, 0.4) is 0 Å². The molecule has 0 spiro atoms. The number of halogens is 3. The number of hydrogen-bond acceptors (Lipinski definition) is 9. The van der Waals surface area contributed by atoms with Crippen molar-refractivity contribution >= 4 is 28.4 Å². The summed E-state index contributed by atoms with van der Waals surface area (Å²) in [6.07, 6.45) is 2.25. The molecule has 0 saturated carbocycles. The number of phenols is 1. The van der Waals surface area contributed by atoms with Gasteiger partial charge in [0.05, 0.1) is 11.3 Å². The maximum atomic E-state index is 16.4. The Bertz CT molecular complexity index is 2710. The van der Waals surface area contributed by atoms with Crippen LogP contribution in [0.1, 0.15) is 99.5 Å². The van der Waals surface area contributed by atoms with E-state index in [9.17, 15) is 10.2 Å². The summed E-state index contributed by atoms with van der Waals surface area (Å²) in [5, 5.41) is 32.0. The SMILES string of the molecule is Cc1sc2c(c1C)C(c1ccc(N3CCC(O)(CN4CCN(c5ccc([C@H]6c7ccc(O)cc7CC[C@H]6c6c(F)cccc6F)c(F)c5)CC4)CC3)cc1)=N[C@@H](C)c1nnc(C)n1-2. The fourth-order valence-electron chi connectivity index (χ4n) is 10.6. The van der Waals surface area contributed by atoms with Crippen molar-refractivity contribution in [2.24, 2.45) is 4.99 Å². The zero-order valence-corrected chi connectivity index (χ0v) is 36.9. The van der Waals surface area contributed by atoms with Crippen molar-refractivity contribution in [1.29, 1.82) is 0 Å². The van der Waals surface area contributed by atoms with E-state index in [1.54, 1.807) is 41.7 Å². The van der Waals surface area contributed by atoms with E-state index in [0.717, 1.165) is 82.2 Å². The van der Waals surface area contributed by atoms with Gasteiger partial charge in [0.1, 0.15) is 40.1 Å². The first-order valence-electron chi connectivity index (χ1n) is 22.1. The molecular weight excluding hydrogens is 820 g/mol. The van der Waals surface area contributed by atoms with Crippen LogP contribution in [0.2, 0.25) is 0 Å². The van der Waals surface area contributed by atoms with E-state index in [0.29, 0.717) is 50.9 Å². The number of nitrogens with zero attached hydrogens (tertiary/aromatic N) is 7. The van der Waals surface area contributed by atoms with Gasteiger partial charge in [-0.1, -0.05) is 30.3 Å². The smallest absolute Gasteiger partial charge is 0.162 e. The highest BCUT2D eigenvalue weighted by molar-refractivity contribution is 7.15. The van der Waals surface area contributed by atoms with Gasteiger partial charge < -0.3 is 20.0 Å². The molecule has 6 aromatic rings. The molecule has 5 heterocycles. The number of piperazine rings is 1. The highest BCUT2D eigenvalue weighted by Gasteiger charge is 2.38. The Hall–Kier alpha value is -5.50. The zero-order chi connectivity index (χ0) is 43.7. The Labute approximate surface area is 370 Å². The van der Waals surface area contributed by atoms with Gasteiger partial charge >= 0.3 is 0 Å². The molecule has 0 unspecified atom stereocenters. The number of benzene rings is 4. The van der Waals surface area contributed by atoms with Gasteiger partial charge in [0.25, 0.3) is 0 Å². The lowest BCUT2D eigenvalue weighted by Gasteiger charge is -2.44. The standard InChI is InChI=1S/C50H52F3N7O2S/c1-29-31(3)63-49-44(29)47(54-30(2)48-56-55-32(4)60(48)49)33-8-11-35(12-9-33)58-20-18-50(62,19-21-58)28-57-22-24-59(25-23-57)36-13-16-39(43(53)27-36)45-38-17-14-37(61)26-34(38)10-15-40(45)46-41(51)6-5-7-42(46)52/h5-9,11-14,16-17,26-27,30,40,45,61-62H,10,15,18-25,28H2,1-4H3/t30-,40+,45+/m0/s1. The largest absolute Gasteiger partial charge is 0.508 e. The lowest BCUT2D eigenvalue weighted by molar-refractivity contribution is -0.0173. The average molecular weight is 872 g/mol. The fraction of sp³-hybridized carbons (Fsp3) is 0.380. The Kier molecular flexibility index (Phi) is 10.7. The summed E-state index contributed by atoms with van der Waals surface area (Å²) in [6.45, 7) is 13.3. The molecule has 3 aliphatic heterocycles. The number of aryl methyl sites for hydroxylation is 3. The monoisotopic (exact) mass is 871 g/mol. The van der Waals surface area contributed by atoms with Crippen LogP contribution >= 0.6 is 11.3 Å². The number of hydrogen-bond donors (Lipinski definition) is 2. The van der Waals surface area contributed by atoms with E-state index < -0.39 is 34.9 Å². The highest BCUT2D eigenvalue weighted by atomic mass is 32.1. The maximum Gasteiger partial charge on any atom is 0.162 e. The number of anilines is 2. The molecule has 326 valence electrons. The summed E-state index contributed by atoms with van der Waals surface area (Å²) >= 11 is 1.76. The summed E-state index contributed by atoms with van der Waals surface area (Å²) in [5.74, 6) is -1.09. The molecular formula is C50H52F3N7O2S. The van der Waals surface area contributed by atoms with E-state index in [1.807, 2.05) is 13.0 Å². The molecule has 4 aliphatic rings. The topological polar surface area (TPSA) is 93.2 Å². The van der Waals surface area contributed by atoms with Gasteiger partial charge in [-0.3, -0.25) is 14.5 Å². The van der Waals surface area contributed by atoms with E-state index in [2.05, 4.69) is 74.5 Å². The lowest BCUT2D eigenvalue weighted by Crippen LogP contribution is -2.55. The number of aromatic hydroxyl groups is 1. The van der Waals surface area contributed by atoms with Gasteiger partial charge in [-0.15, -0.1) is 21.5 Å². The van der Waals surface area contributed by atoms with Gasteiger partial charge in [0.15, 0.2) is 5.82 Å². The first-order chi connectivity index (χ1) is 30.4. The predicted molar refractivity (Wildman–Crippen MR) is 243 cm³/mol. The summed E-state index contributed by atoms with van der Waals surface area (Å²) in [6, 6.07) is 22.6. The van der Waals surface area contributed by atoms with E-state index in [4.69, 9.17) is 4.99 Å². The normalized spacial score (nSPS) is 21.1. The number of fused-ring (bicyclic) bond motifs is 4. The average Bonchev–Trinajstić information content (AvgIpc) is 3.76. The van der Waals surface area contributed by atoms with Crippen LogP contribution in [0.15, 0.2) is 83.9 Å². The van der Waals surface area contributed by atoms with Crippen LogP contribution in [0, 0.1) is 38.2 Å². The number of rotatable bonds is 7. The first-order valence-corrected chi connectivity index (χ1v) is 22.9. The summed E-state index contributed by atoms with van der Waals surface area (Å²) < 4.78 is 49.0. The number of aliphatic imine (C=N–C) groups is 1. The minimum atomic E-state index is -0.804. The number of aromatic nitrogens is 3. The van der Waals surface area contributed by atoms with Crippen molar-refractivity contribution in [1.82, 2.24) is 19.7 Å². The molecule has 2 N–H and O–H groups in total. The molecule has 2 aromatic heterocycles. The van der Waals surface area contributed by atoms with Crippen molar-refractivity contribution in [3.05, 3.63) is 152 Å². The molecule has 1 aliphatic carbocycles. The third kappa shape index (κ3) is 7.51. The summed E-state index contributed by atoms with van der Waals surface area (Å²) in [5.41, 5.74) is 7.49. The molecule has 63 heavy (non-hydrogen) atoms.